The lowest BCUT2D eigenvalue weighted by atomic mass is 10.1. The van der Waals surface area contributed by atoms with E-state index in [1.165, 1.54) is 0 Å². The number of nitrogens with two attached hydrogens (primary N) is 1. The first-order valence-corrected chi connectivity index (χ1v) is 8.81. The fourth-order valence-corrected chi connectivity index (χ4v) is 3.07. The number of rotatable bonds is 6. The average Bonchev–Trinajstić information content (AvgIpc) is 2.66. The maximum atomic E-state index is 12.6. The van der Waals surface area contributed by atoms with E-state index in [4.69, 9.17) is 10.5 Å². The van der Waals surface area contributed by atoms with Crippen LogP contribution in [0.2, 0.25) is 0 Å². The second-order valence-electron chi connectivity index (χ2n) is 5.67. The molecule has 0 fully saturated rings. The molecule has 0 aliphatic rings. The van der Waals surface area contributed by atoms with Crippen molar-refractivity contribution in [3.05, 3.63) is 98.4 Å². The van der Waals surface area contributed by atoms with Crippen LogP contribution in [0, 0.1) is 0 Å². The van der Waals surface area contributed by atoms with Crippen LogP contribution in [0.15, 0.2) is 76.1 Å². The summed E-state index contributed by atoms with van der Waals surface area (Å²) in [5.74, 6) is 0.539. The number of nitrogens with zero attached hydrogens (tertiary/aromatic N) is 1. The van der Waals surface area contributed by atoms with Crippen LogP contribution in [-0.4, -0.2) is 4.57 Å². The molecule has 1 aromatic heterocycles. The van der Waals surface area contributed by atoms with Crippen molar-refractivity contribution >= 4 is 15.9 Å². The van der Waals surface area contributed by atoms with E-state index in [2.05, 4.69) is 15.9 Å². The van der Waals surface area contributed by atoms with Crippen molar-refractivity contribution in [1.29, 1.82) is 0 Å². The van der Waals surface area contributed by atoms with Gasteiger partial charge in [-0.05, 0) is 38.7 Å². The fraction of sp³-hybridized carbons (Fsp3) is 0.150. The number of hydrogen-bond donors (Lipinski definition) is 1. The highest BCUT2D eigenvalue weighted by atomic mass is 79.9. The largest absolute Gasteiger partial charge is 0.487 e. The number of aromatic nitrogens is 1. The molecule has 0 saturated carbocycles. The monoisotopic (exact) mass is 398 g/mol. The summed E-state index contributed by atoms with van der Waals surface area (Å²) >= 11 is 3.37. The van der Waals surface area contributed by atoms with E-state index in [-0.39, 0.29) is 5.56 Å². The Morgan fingerprint density at radius 2 is 1.64 bits per heavy atom. The van der Waals surface area contributed by atoms with Crippen molar-refractivity contribution < 1.29 is 4.74 Å². The number of pyridine rings is 1. The van der Waals surface area contributed by atoms with Gasteiger partial charge in [0, 0.05) is 12.7 Å². The molecule has 0 aliphatic heterocycles. The van der Waals surface area contributed by atoms with Crippen molar-refractivity contribution in [2.24, 2.45) is 5.73 Å². The Morgan fingerprint density at radius 3 is 2.36 bits per heavy atom. The highest BCUT2D eigenvalue weighted by molar-refractivity contribution is 9.10. The van der Waals surface area contributed by atoms with E-state index in [1.54, 1.807) is 16.8 Å². The summed E-state index contributed by atoms with van der Waals surface area (Å²) in [5, 5.41) is 0. The molecule has 0 unspecified atom stereocenters. The minimum atomic E-state index is -0.127. The summed E-state index contributed by atoms with van der Waals surface area (Å²) < 4.78 is 7.85. The van der Waals surface area contributed by atoms with Gasteiger partial charge in [-0.2, -0.15) is 0 Å². The van der Waals surface area contributed by atoms with Gasteiger partial charge in [0.05, 0.1) is 6.54 Å². The predicted molar refractivity (Wildman–Crippen MR) is 103 cm³/mol. The van der Waals surface area contributed by atoms with Gasteiger partial charge in [0.25, 0.3) is 5.56 Å². The summed E-state index contributed by atoms with van der Waals surface area (Å²) in [6.45, 7) is 1.34. The van der Waals surface area contributed by atoms with Crippen LogP contribution in [0.1, 0.15) is 16.7 Å². The lowest BCUT2D eigenvalue weighted by Crippen LogP contribution is -2.22. The predicted octanol–water partition coefficient (Wildman–Crippen LogP) is 3.70. The van der Waals surface area contributed by atoms with Gasteiger partial charge in [0.15, 0.2) is 0 Å². The van der Waals surface area contributed by atoms with E-state index in [1.807, 2.05) is 54.6 Å². The van der Waals surface area contributed by atoms with Gasteiger partial charge in [0.2, 0.25) is 0 Å². The number of halogens is 1. The second-order valence-corrected chi connectivity index (χ2v) is 6.47. The van der Waals surface area contributed by atoms with E-state index < -0.39 is 0 Å². The average molecular weight is 399 g/mol. The molecule has 0 bridgehead atoms. The third-order valence-corrected chi connectivity index (χ3v) is 4.72. The molecule has 0 atom stereocenters. The number of ether oxygens (including phenoxy) is 1. The second kappa shape index (κ2) is 8.14. The lowest BCUT2D eigenvalue weighted by Gasteiger charge is -2.13. The zero-order valence-electron chi connectivity index (χ0n) is 13.7. The van der Waals surface area contributed by atoms with Crippen LogP contribution in [0.25, 0.3) is 0 Å². The third kappa shape index (κ3) is 4.18. The molecule has 1 heterocycles. The summed E-state index contributed by atoms with van der Waals surface area (Å²) in [5.41, 5.74) is 8.77. The van der Waals surface area contributed by atoms with E-state index in [0.29, 0.717) is 29.9 Å². The summed E-state index contributed by atoms with van der Waals surface area (Å²) in [7, 11) is 0. The first kappa shape index (κ1) is 17.5. The van der Waals surface area contributed by atoms with Crippen molar-refractivity contribution in [2.45, 2.75) is 19.7 Å². The Morgan fingerprint density at radius 1 is 0.960 bits per heavy atom. The summed E-state index contributed by atoms with van der Waals surface area (Å²) in [6, 6.07) is 19.5. The van der Waals surface area contributed by atoms with Crippen LogP contribution >= 0.6 is 15.9 Å². The van der Waals surface area contributed by atoms with Gasteiger partial charge in [-0.3, -0.25) is 4.79 Å². The highest BCUT2D eigenvalue weighted by Gasteiger charge is 2.10. The molecular formula is C20H19BrN2O2. The Hall–Kier alpha value is -2.37. The van der Waals surface area contributed by atoms with Crippen LogP contribution in [0.5, 0.6) is 5.75 Å². The molecule has 5 heteroatoms. The topological polar surface area (TPSA) is 57.2 Å². The smallest absolute Gasteiger partial charge is 0.268 e. The van der Waals surface area contributed by atoms with E-state index >= 15 is 0 Å². The van der Waals surface area contributed by atoms with Gasteiger partial charge in [-0.15, -0.1) is 0 Å². The number of hydrogen-bond acceptors (Lipinski definition) is 3. The molecule has 25 heavy (non-hydrogen) atoms. The van der Waals surface area contributed by atoms with Gasteiger partial charge < -0.3 is 15.0 Å². The molecular weight excluding hydrogens is 380 g/mol. The first-order valence-electron chi connectivity index (χ1n) is 8.01. The van der Waals surface area contributed by atoms with Crippen LogP contribution in [-0.2, 0) is 19.7 Å². The molecule has 4 nitrogen and oxygen atoms in total. The number of benzene rings is 2. The van der Waals surface area contributed by atoms with E-state index in [9.17, 15) is 4.79 Å². The van der Waals surface area contributed by atoms with Crippen molar-refractivity contribution in [1.82, 2.24) is 4.57 Å². The molecule has 0 spiro atoms. The Kier molecular flexibility index (Phi) is 5.68. The SMILES string of the molecule is NCc1ccccc1Cn1ccc(OCc2ccccc2)c(Br)c1=O. The molecule has 0 amide bonds. The summed E-state index contributed by atoms with van der Waals surface area (Å²) in [4.78, 5) is 12.6. The fourth-order valence-electron chi connectivity index (χ4n) is 2.60. The highest BCUT2D eigenvalue weighted by Crippen LogP contribution is 2.22. The van der Waals surface area contributed by atoms with Crippen molar-refractivity contribution in [2.75, 3.05) is 0 Å². The van der Waals surface area contributed by atoms with Gasteiger partial charge in [-0.25, -0.2) is 0 Å². The maximum Gasteiger partial charge on any atom is 0.268 e. The first-order chi connectivity index (χ1) is 12.2. The molecule has 0 radical (unpaired) electrons. The minimum absolute atomic E-state index is 0.127. The minimum Gasteiger partial charge on any atom is -0.487 e. The quantitative estimate of drug-likeness (QED) is 0.688. The molecule has 0 aliphatic carbocycles. The van der Waals surface area contributed by atoms with Gasteiger partial charge in [-0.1, -0.05) is 54.6 Å². The molecule has 0 saturated heterocycles. The standard InChI is InChI=1S/C20H19BrN2O2/c21-19-18(25-14-15-6-2-1-3-7-15)10-11-23(20(19)24)13-17-9-5-4-8-16(17)12-22/h1-11H,12-14,22H2. The molecule has 3 aromatic rings. The Balaban J connectivity index is 1.79. The lowest BCUT2D eigenvalue weighted by molar-refractivity contribution is 0.302. The van der Waals surface area contributed by atoms with E-state index in [0.717, 1.165) is 16.7 Å². The molecule has 3 rings (SSSR count). The van der Waals surface area contributed by atoms with Crippen LogP contribution in [0.3, 0.4) is 0 Å². The Labute approximate surface area is 155 Å². The third-order valence-electron chi connectivity index (χ3n) is 3.99. The van der Waals surface area contributed by atoms with Crippen molar-refractivity contribution in [3.63, 3.8) is 0 Å². The van der Waals surface area contributed by atoms with Crippen molar-refractivity contribution in [3.8, 4) is 5.75 Å². The van der Waals surface area contributed by atoms with Gasteiger partial charge >= 0.3 is 0 Å². The molecule has 2 N–H and O–H groups in total. The van der Waals surface area contributed by atoms with Gasteiger partial charge in [0.1, 0.15) is 16.8 Å². The normalized spacial score (nSPS) is 10.6. The zero-order chi connectivity index (χ0) is 17.6. The van der Waals surface area contributed by atoms with Crippen LogP contribution < -0.4 is 16.0 Å². The van der Waals surface area contributed by atoms with Crippen LogP contribution in [0.4, 0.5) is 0 Å². The Bertz CT molecular complexity index is 907. The molecule has 128 valence electrons. The maximum absolute atomic E-state index is 12.6. The molecule has 2 aromatic carbocycles. The zero-order valence-corrected chi connectivity index (χ0v) is 15.3. The summed E-state index contributed by atoms with van der Waals surface area (Å²) in [6.07, 6.45) is 1.75.